The Balaban J connectivity index is 0.000000370. The summed E-state index contributed by atoms with van der Waals surface area (Å²) in [5, 5.41) is 26.5. The van der Waals surface area contributed by atoms with Crippen molar-refractivity contribution in [2.45, 2.75) is 78.2 Å². The van der Waals surface area contributed by atoms with Crippen LogP contribution in [0.1, 0.15) is 72.6 Å². The third-order valence-electron chi connectivity index (χ3n) is 8.15. The number of allylic oxidation sites excluding steroid dienone is 3. The van der Waals surface area contributed by atoms with Crippen LogP contribution < -0.4 is 5.73 Å². The van der Waals surface area contributed by atoms with Crippen molar-refractivity contribution in [1.82, 2.24) is 0 Å². The SMILES string of the molecule is C=CC1(C)CCC2C(=CCC3C(C)(C(=O)O)CCCC23C)C1.CC(N)(CO)CO. The van der Waals surface area contributed by atoms with Crippen LogP contribution in [0.15, 0.2) is 24.3 Å². The topological polar surface area (TPSA) is 104 Å². The Bertz CT molecular complexity index is 651. The number of carboxylic acids is 1. The molecule has 3 aliphatic carbocycles. The second-order valence-corrected chi connectivity index (χ2v) is 10.7. The second kappa shape index (κ2) is 8.52. The Hall–Kier alpha value is -1.17. The Morgan fingerprint density at radius 2 is 1.90 bits per heavy atom. The minimum Gasteiger partial charge on any atom is -0.481 e. The number of rotatable bonds is 4. The van der Waals surface area contributed by atoms with Gasteiger partial charge in [-0.2, -0.15) is 0 Å². The van der Waals surface area contributed by atoms with Gasteiger partial charge in [0.05, 0.1) is 24.2 Å². The van der Waals surface area contributed by atoms with Crippen LogP contribution in [0.2, 0.25) is 0 Å². The first-order valence-corrected chi connectivity index (χ1v) is 10.9. The minimum absolute atomic E-state index is 0.165. The quantitative estimate of drug-likeness (QED) is 0.529. The molecule has 0 aromatic heterocycles. The highest BCUT2D eigenvalue weighted by molar-refractivity contribution is 5.75. The van der Waals surface area contributed by atoms with Crippen molar-refractivity contribution >= 4 is 5.97 Å². The molecule has 0 aliphatic heterocycles. The van der Waals surface area contributed by atoms with Crippen molar-refractivity contribution in [2.24, 2.45) is 33.8 Å². The maximum atomic E-state index is 11.9. The number of aliphatic hydroxyl groups excluding tert-OH is 2. The fraction of sp³-hybridized carbons (Fsp3) is 0.792. The number of fused-ring (bicyclic) bond motifs is 3. The van der Waals surface area contributed by atoms with E-state index >= 15 is 0 Å². The number of aliphatic carboxylic acids is 1. The maximum Gasteiger partial charge on any atom is 0.309 e. The summed E-state index contributed by atoms with van der Waals surface area (Å²) in [7, 11) is 0. The van der Waals surface area contributed by atoms with Gasteiger partial charge in [0, 0.05) is 0 Å². The van der Waals surface area contributed by atoms with E-state index in [1.54, 1.807) is 12.5 Å². The first-order valence-electron chi connectivity index (χ1n) is 10.9. The van der Waals surface area contributed by atoms with Gasteiger partial charge in [0.15, 0.2) is 0 Å². The predicted molar refractivity (Wildman–Crippen MR) is 116 cm³/mol. The van der Waals surface area contributed by atoms with E-state index in [1.807, 2.05) is 6.92 Å². The molecule has 0 saturated heterocycles. The van der Waals surface area contributed by atoms with Crippen LogP contribution in [0.25, 0.3) is 0 Å². The number of carbonyl (C=O) groups is 1. The standard InChI is InChI=1S/C20H30O2.C4H11NO2/c1-5-18(2)12-9-15-14(13-18)7-8-16-19(15,3)10-6-11-20(16,4)17(21)22;1-4(5,2-6)3-7/h5,7,15-16H,1,6,8-13H2,2-4H3,(H,21,22);6-7H,2-3,5H2,1H3. The van der Waals surface area contributed by atoms with E-state index in [0.717, 1.165) is 25.7 Å². The van der Waals surface area contributed by atoms with Gasteiger partial charge in [-0.25, -0.2) is 0 Å². The van der Waals surface area contributed by atoms with Gasteiger partial charge in [0.2, 0.25) is 0 Å². The van der Waals surface area contributed by atoms with Crippen LogP contribution in [0.4, 0.5) is 0 Å². The van der Waals surface area contributed by atoms with Crippen LogP contribution in [0, 0.1) is 28.1 Å². The normalized spacial score (nSPS) is 39.2. The average molecular weight is 408 g/mol. The van der Waals surface area contributed by atoms with E-state index in [1.165, 1.54) is 19.3 Å². The molecule has 5 nitrogen and oxygen atoms in total. The van der Waals surface area contributed by atoms with Gasteiger partial charge < -0.3 is 21.1 Å². The molecule has 3 aliphatic rings. The molecule has 0 amide bonds. The lowest BCUT2D eigenvalue weighted by Crippen LogP contribution is -2.53. The number of hydrogen-bond acceptors (Lipinski definition) is 4. The summed E-state index contributed by atoms with van der Waals surface area (Å²) in [5.74, 6) is 0.276. The summed E-state index contributed by atoms with van der Waals surface area (Å²) in [5.41, 5.74) is 5.84. The minimum atomic E-state index is -0.806. The fourth-order valence-corrected chi connectivity index (χ4v) is 5.91. The first kappa shape index (κ1) is 24.1. The Labute approximate surface area is 176 Å². The van der Waals surface area contributed by atoms with Crippen LogP contribution in [0.5, 0.6) is 0 Å². The van der Waals surface area contributed by atoms with Crippen molar-refractivity contribution in [3.8, 4) is 0 Å². The molecule has 166 valence electrons. The van der Waals surface area contributed by atoms with Crippen molar-refractivity contribution < 1.29 is 20.1 Å². The number of carboxylic acid groups (broad SMARTS) is 1. The molecule has 0 bridgehead atoms. The lowest BCUT2D eigenvalue weighted by molar-refractivity contribution is -0.163. The van der Waals surface area contributed by atoms with Gasteiger partial charge in [0.1, 0.15) is 0 Å². The molecule has 5 atom stereocenters. The van der Waals surface area contributed by atoms with Crippen molar-refractivity contribution in [1.29, 1.82) is 0 Å². The molecule has 0 aromatic carbocycles. The van der Waals surface area contributed by atoms with Gasteiger partial charge in [-0.15, -0.1) is 6.58 Å². The Morgan fingerprint density at radius 1 is 1.28 bits per heavy atom. The highest BCUT2D eigenvalue weighted by Gasteiger charge is 2.58. The zero-order valence-electron chi connectivity index (χ0n) is 18.7. The molecule has 3 rings (SSSR count). The summed E-state index contributed by atoms with van der Waals surface area (Å²) in [4.78, 5) is 11.9. The summed E-state index contributed by atoms with van der Waals surface area (Å²) in [6.45, 7) is 11.9. The highest BCUT2D eigenvalue weighted by atomic mass is 16.4. The molecule has 0 aromatic rings. The third kappa shape index (κ3) is 4.62. The molecule has 2 saturated carbocycles. The van der Waals surface area contributed by atoms with Gasteiger partial charge in [-0.3, -0.25) is 4.79 Å². The molecule has 5 heteroatoms. The van der Waals surface area contributed by atoms with E-state index in [0.29, 0.717) is 5.92 Å². The third-order valence-corrected chi connectivity index (χ3v) is 8.15. The Morgan fingerprint density at radius 3 is 2.38 bits per heavy atom. The van der Waals surface area contributed by atoms with Gasteiger partial charge in [-0.05, 0) is 75.0 Å². The van der Waals surface area contributed by atoms with E-state index in [4.69, 9.17) is 15.9 Å². The zero-order chi connectivity index (χ0) is 22.1. The lowest BCUT2D eigenvalue weighted by atomic mass is 9.45. The van der Waals surface area contributed by atoms with E-state index in [-0.39, 0.29) is 30.0 Å². The smallest absolute Gasteiger partial charge is 0.309 e. The molecule has 5 N–H and O–H groups in total. The van der Waals surface area contributed by atoms with E-state index in [2.05, 4.69) is 32.6 Å². The summed E-state index contributed by atoms with van der Waals surface area (Å²) < 4.78 is 0. The molecular formula is C24H41NO4. The van der Waals surface area contributed by atoms with Crippen molar-refractivity contribution in [3.05, 3.63) is 24.3 Å². The fourth-order valence-electron chi connectivity index (χ4n) is 5.91. The maximum absolute atomic E-state index is 11.9. The van der Waals surface area contributed by atoms with Crippen LogP contribution in [-0.4, -0.2) is 40.0 Å². The molecular weight excluding hydrogens is 366 g/mol. The second-order valence-electron chi connectivity index (χ2n) is 10.7. The summed E-state index contributed by atoms with van der Waals surface area (Å²) >= 11 is 0. The van der Waals surface area contributed by atoms with Crippen LogP contribution >= 0.6 is 0 Å². The van der Waals surface area contributed by atoms with Crippen LogP contribution in [0.3, 0.4) is 0 Å². The molecule has 29 heavy (non-hydrogen) atoms. The van der Waals surface area contributed by atoms with Crippen molar-refractivity contribution in [3.63, 3.8) is 0 Å². The van der Waals surface area contributed by atoms with Gasteiger partial charge in [-0.1, -0.05) is 38.0 Å². The molecule has 0 heterocycles. The lowest BCUT2D eigenvalue weighted by Gasteiger charge is -2.58. The highest BCUT2D eigenvalue weighted by Crippen LogP contribution is 2.63. The summed E-state index contributed by atoms with van der Waals surface area (Å²) in [6.07, 6.45) is 12.0. The Kier molecular flexibility index (Phi) is 7.08. The first-order chi connectivity index (χ1) is 13.4. The van der Waals surface area contributed by atoms with Gasteiger partial charge in [0.25, 0.3) is 0 Å². The molecule has 0 radical (unpaired) electrons. The molecule has 5 unspecified atom stereocenters. The van der Waals surface area contributed by atoms with E-state index < -0.39 is 16.9 Å². The van der Waals surface area contributed by atoms with Gasteiger partial charge >= 0.3 is 5.97 Å². The zero-order valence-corrected chi connectivity index (χ0v) is 18.7. The number of aliphatic hydroxyl groups is 2. The van der Waals surface area contributed by atoms with Crippen LogP contribution in [-0.2, 0) is 4.79 Å². The molecule has 0 spiro atoms. The monoisotopic (exact) mass is 407 g/mol. The predicted octanol–water partition coefficient (Wildman–Crippen LogP) is 3.89. The largest absolute Gasteiger partial charge is 0.481 e. The number of nitrogens with two attached hydrogens (primary N) is 1. The molecule has 2 fully saturated rings. The summed E-state index contributed by atoms with van der Waals surface area (Å²) in [6, 6.07) is 0. The number of hydrogen-bond donors (Lipinski definition) is 4. The average Bonchev–Trinajstić information content (AvgIpc) is 2.68. The van der Waals surface area contributed by atoms with E-state index in [9.17, 15) is 9.90 Å². The van der Waals surface area contributed by atoms with Crippen molar-refractivity contribution in [2.75, 3.05) is 13.2 Å².